The van der Waals surface area contributed by atoms with Crippen LogP contribution in [0.2, 0.25) is 0 Å². The topological polar surface area (TPSA) is 50.7 Å². The van der Waals surface area contributed by atoms with Crippen molar-refractivity contribution in [3.8, 4) is 0 Å². The Kier molecular flexibility index (Phi) is 4.39. The van der Waals surface area contributed by atoms with Gasteiger partial charge in [0.1, 0.15) is 11.6 Å². The summed E-state index contributed by atoms with van der Waals surface area (Å²) >= 11 is 0. The molecule has 110 valence electrons. The van der Waals surface area contributed by atoms with Crippen LogP contribution in [-0.4, -0.2) is 15.0 Å². The third-order valence-electron chi connectivity index (χ3n) is 3.51. The molecule has 0 aliphatic carbocycles. The molecule has 0 radical (unpaired) electrons. The summed E-state index contributed by atoms with van der Waals surface area (Å²) < 4.78 is 0. The number of hydrogen-bond acceptors (Lipinski definition) is 4. The minimum atomic E-state index is 0.732. The third kappa shape index (κ3) is 3.67. The number of aryl methyl sites for hydroxylation is 1. The van der Waals surface area contributed by atoms with Crippen LogP contribution in [-0.2, 0) is 13.0 Å². The van der Waals surface area contributed by atoms with Crippen LogP contribution in [0.4, 0.5) is 5.82 Å². The highest BCUT2D eigenvalue weighted by Crippen LogP contribution is 2.11. The lowest BCUT2D eigenvalue weighted by atomic mass is 10.1. The first-order valence-corrected chi connectivity index (χ1v) is 7.30. The van der Waals surface area contributed by atoms with E-state index < -0.39 is 0 Å². The second-order valence-corrected chi connectivity index (χ2v) is 5.18. The van der Waals surface area contributed by atoms with Gasteiger partial charge in [-0.3, -0.25) is 4.98 Å². The predicted octanol–water partition coefficient (Wildman–Crippen LogP) is 3.38. The Hall–Kier alpha value is -2.75. The Morgan fingerprint density at radius 2 is 1.86 bits per heavy atom. The number of hydrogen-bond donors (Lipinski definition) is 1. The van der Waals surface area contributed by atoms with Crippen LogP contribution in [0.3, 0.4) is 0 Å². The van der Waals surface area contributed by atoms with Gasteiger partial charge in [-0.2, -0.15) is 0 Å². The monoisotopic (exact) mass is 290 g/mol. The first-order valence-electron chi connectivity index (χ1n) is 7.30. The molecule has 3 aromatic rings. The van der Waals surface area contributed by atoms with Crippen molar-refractivity contribution in [2.24, 2.45) is 0 Å². The number of pyridine rings is 1. The Labute approximate surface area is 130 Å². The zero-order valence-corrected chi connectivity index (χ0v) is 12.5. The molecule has 0 unspecified atom stereocenters. The first-order chi connectivity index (χ1) is 10.8. The van der Waals surface area contributed by atoms with Gasteiger partial charge in [-0.1, -0.05) is 30.3 Å². The Morgan fingerprint density at radius 3 is 2.68 bits per heavy atom. The molecule has 0 fully saturated rings. The van der Waals surface area contributed by atoms with Gasteiger partial charge in [-0.25, -0.2) is 9.97 Å². The maximum Gasteiger partial charge on any atom is 0.135 e. The van der Waals surface area contributed by atoms with Crippen molar-refractivity contribution in [2.75, 3.05) is 5.32 Å². The number of nitrogens with one attached hydrogen (secondary N) is 1. The normalized spacial score (nSPS) is 10.4. The largest absolute Gasteiger partial charge is 0.366 e. The molecule has 1 aromatic carbocycles. The quantitative estimate of drug-likeness (QED) is 0.782. The summed E-state index contributed by atoms with van der Waals surface area (Å²) in [7, 11) is 0. The highest BCUT2D eigenvalue weighted by molar-refractivity contribution is 5.36. The van der Waals surface area contributed by atoms with Crippen LogP contribution < -0.4 is 5.32 Å². The van der Waals surface area contributed by atoms with Crippen molar-refractivity contribution in [1.82, 2.24) is 15.0 Å². The van der Waals surface area contributed by atoms with Crippen molar-refractivity contribution in [2.45, 2.75) is 19.9 Å². The van der Waals surface area contributed by atoms with E-state index in [0.29, 0.717) is 0 Å². The lowest BCUT2D eigenvalue weighted by Crippen LogP contribution is -2.05. The fraction of sp³-hybridized carbons (Fsp3) is 0.167. The molecule has 0 saturated heterocycles. The van der Waals surface area contributed by atoms with Crippen LogP contribution in [0.25, 0.3) is 0 Å². The van der Waals surface area contributed by atoms with Gasteiger partial charge in [0.15, 0.2) is 0 Å². The van der Waals surface area contributed by atoms with Crippen LogP contribution in [0.5, 0.6) is 0 Å². The maximum atomic E-state index is 4.57. The molecule has 1 N–H and O–H groups in total. The molecule has 4 nitrogen and oxygen atoms in total. The van der Waals surface area contributed by atoms with Crippen molar-refractivity contribution in [3.05, 3.63) is 83.6 Å². The van der Waals surface area contributed by atoms with E-state index in [1.807, 2.05) is 42.7 Å². The number of nitrogens with zero attached hydrogens (tertiary/aromatic N) is 3. The van der Waals surface area contributed by atoms with Gasteiger partial charge < -0.3 is 5.32 Å². The van der Waals surface area contributed by atoms with E-state index in [2.05, 4.69) is 39.3 Å². The number of anilines is 1. The number of aromatic nitrogens is 3. The average molecular weight is 290 g/mol. The Bertz CT molecular complexity index is 741. The molecule has 2 aromatic heterocycles. The fourth-order valence-electron chi connectivity index (χ4n) is 2.25. The van der Waals surface area contributed by atoms with Crippen molar-refractivity contribution in [1.29, 1.82) is 0 Å². The van der Waals surface area contributed by atoms with Gasteiger partial charge in [0.05, 0.1) is 0 Å². The summed E-state index contributed by atoms with van der Waals surface area (Å²) in [6.45, 7) is 2.79. The van der Waals surface area contributed by atoms with Crippen molar-refractivity contribution >= 4 is 5.82 Å². The van der Waals surface area contributed by atoms with E-state index in [1.165, 1.54) is 16.7 Å². The second kappa shape index (κ2) is 6.80. The standard InChI is InChI=1S/C18H18N4/c1-14-12-19-9-7-16(14)13-21-17-8-10-20-18(22-17)11-15-5-3-2-4-6-15/h2-10,12H,11,13H2,1H3,(H,20,21,22). The van der Waals surface area contributed by atoms with Crippen LogP contribution in [0.15, 0.2) is 61.1 Å². The van der Waals surface area contributed by atoms with Gasteiger partial charge >= 0.3 is 0 Å². The van der Waals surface area contributed by atoms with Gasteiger partial charge in [0.2, 0.25) is 0 Å². The van der Waals surface area contributed by atoms with E-state index in [4.69, 9.17) is 0 Å². The predicted molar refractivity (Wildman–Crippen MR) is 87.6 cm³/mol. The van der Waals surface area contributed by atoms with Gasteiger partial charge in [-0.15, -0.1) is 0 Å². The highest BCUT2D eigenvalue weighted by Gasteiger charge is 2.02. The number of benzene rings is 1. The summed E-state index contributed by atoms with van der Waals surface area (Å²) in [6, 6.07) is 14.2. The molecular formula is C18H18N4. The van der Waals surface area contributed by atoms with Crippen LogP contribution in [0, 0.1) is 6.92 Å². The summed E-state index contributed by atoms with van der Waals surface area (Å²) in [6.07, 6.45) is 6.22. The van der Waals surface area contributed by atoms with Crippen molar-refractivity contribution in [3.63, 3.8) is 0 Å². The lowest BCUT2D eigenvalue weighted by Gasteiger charge is -2.09. The second-order valence-electron chi connectivity index (χ2n) is 5.18. The molecule has 4 heteroatoms. The molecule has 0 amide bonds. The molecule has 0 saturated carbocycles. The fourth-order valence-corrected chi connectivity index (χ4v) is 2.25. The summed E-state index contributed by atoms with van der Waals surface area (Å²) in [5.74, 6) is 1.67. The molecule has 22 heavy (non-hydrogen) atoms. The summed E-state index contributed by atoms with van der Waals surface area (Å²) in [4.78, 5) is 13.0. The lowest BCUT2D eigenvalue weighted by molar-refractivity contribution is 0.955. The van der Waals surface area contributed by atoms with E-state index in [-0.39, 0.29) is 0 Å². The Morgan fingerprint density at radius 1 is 1.00 bits per heavy atom. The number of rotatable bonds is 5. The van der Waals surface area contributed by atoms with Crippen LogP contribution >= 0.6 is 0 Å². The summed E-state index contributed by atoms with van der Waals surface area (Å²) in [5, 5.41) is 3.35. The van der Waals surface area contributed by atoms with E-state index in [1.54, 1.807) is 6.20 Å². The molecule has 3 rings (SSSR count). The molecule has 0 aliphatic heterocycles. The summed E-state index contributed by atoms with van der Waals surface area (Å²) in [5.41, 5.74) is 3.61. The SMILES string of the molecule is Cc1cnccc1CNc1ccnc(Cc2ccccc2)n1. The molecule has 2 heterocycles. The average Bonchev–Trinajstić information content (AvgIpc) is 2.55. The van der Waals surface area contributed by atoms with E-state index in [9.17, 15) is 0 Å². The minimum Gasteiger partial charge on any atom is -0.366 e. The molecule has 0 bridgehead atoms. The highest BCUT2D eigenvalue weighted by atomic mass is 15.0. The van der Waals surface area contributed by atoms with Crippen LogP contribution in [0.1, 0.15) is 22.5 Å². The first kappa shape index (κ1) is 14.2. The van der Waals surface area contributed by atoms with E-state index in [0.717, 1.165) is 24.6 Å². The van der Waals surface area contributed by atoms with Gasteiger partial charge in [0, 0.05) is 31.6 Å². The van der Waals surface area contributed by atoms with Gasteiger partial charge in [-0.05, 0) is 35.7 Å². The molecular weight excluding hydrogens is 272 g/mol. The molecule has 0 spiro atoms. The molecule has 0 atom stereocenters. The smallest absolute Gasteiger partial charge is 0.135 e. The van der Waals surface area contributed by atoms with E-state index >= 15 is 0 Å². The van der Waals surface area contributed by atoms with Crippen molar-refractivity contribution < 1.29 is 0 Å². The third-order valence-corrected chi connectivity index (χ3v) is 3.51. The zero-order valence-electron chi connectivity index (χ0n) is 12.5. The molecule has 0 aliphatic rings. The minimum absolute atomic E-state index is 0.732. The Balaban J connectivity index is 1.68. The van der Waals surface area contributed by atoms with Gasteiger partial charge in [0.25, 0.3) is 0 Å². The maximum absolute atomic E-state index is 4.57. The zero-order chi connectivity index (χ0) is 15.2.